The largest absolute Gasteiger partial charge is 0.466 e. The van der Waals surface area contributed by atoms with E-state index in [-0.39, 0.29) is 17.6 Å². The number of anilines is 1. The minimum absolute atomic E-state index is 0.0120. The SMILES string of the molecule is CCN1CC[C@@H](NC(=O)[C@H](CCCNc2ccc(/C=C/C(=O)OC)cc2[N+](=O)[O-])NC(=O)OC(C)(C)C)C1. The summed E-state index contributed by atoms with van der Waals surface area (Å²) < 4.78 is 9.86. The van der Waals surface area contributed by atoms with Gasteiger partial charge < -0.3 is 30.3 Å². The zero-order valence-corrected chi connectivity index (χ0v) is 22.7. The third kappa shape index (κ3) is 10.4. The number of nitro benzene ring substituents is 1. The minimum atomic E-state index is -0.817. The molecule has 2 atom stereocenters. The van der Waals surface area contributed by atoms with Gasteiger partial charge in [-0.1, -0.05) is 13.0 Å². The van der Waals surface area contributed by atoms with Crippen molar-refractivity contribution in [3.8, 4) is 0 Å². The van der Waals surface area contributed by atoms with Crippen molar-refractivity contribution in [1.82, 2.24) is 15.5 Å². The van der Waals surface area contributed by atoms with Gasteiger partial charge in [0, 0.05) is 37.8 Å². The molecule has 0 unspecified atom stereocenters. The van der Waals surface area contributed by atoms with Gasteiger partial charge in [-0.3, -0.25) is 14.9 Å². The molecule has 1 saturated heterocycles. The second-order valence-corrected chi connectivity index (χ2v) is 10.0. The predicted octanol–water partition coefficient (Wildman–Crippen LogP) is 3.08. The molecule has 3 N–H and O–H groups in total. The molecule has 1 aromatic carbocycles. The van der Waals surface area contributed by atoms with Crippen LogP contribution in [0.3, 0.4) is 0 Å². The van der Waals surface area contributed by atoms with Crippen LogP contribution in [0.5, 0.6) is 0 Å². The van der Waals surface area contributed by atoms with Gasteiger partial charge >= 0.3 is 12.1 Å². The van der Waals surface area contributed by atoms with Crippen molar-refractivity contribution in [3.63, 3.8) is 0 Å². The lowest BCUT2D eigenvalue weighted by Crippen LogP contribution is -2.51. The summed E-state index contributed by atoms with van der Waals surface area (Å²) in [5.41, 5.74) is -0.0898. The maximum atomic E-state index is 13.0. The number of likely N-dealkylation sites (tertiary alicyclic amines) is 1. The molecule has 2 rings (SSSR count). The summed E-state index contributed by atoms with van der Waals surface area (Å²) in [6, 6.07) is 3.73. The molecule has 1 fully saturated rings. The van der Waals surface area contributed by atoms with E-state index in [2.05, 4.69) is 32.5 Å². The van der Waals surface area contributed by atoms with Crippen LogP contribution in [-0.4, -0.2) is 78.8 Å². The summed E-state index contributed by atoms with van der Waals surface area (Å²) in [4.78, 5) is 50.0. The molecule has 0 radical (unpaired) electrons. The van der Waals surface area contributed by atoms with Gasteiger partial charge in [0.2, 0.25) is 5.91 Å². The van der Waals surface area contributed by atoms with Crippen LogP contribution in [0.2, 0.25) is 0 Å². The van der Waals surface area contributed by atoms with Gasteiger partial charge in [0.15, 0.2) is 0 Å². The van der Waals surface area contributed by atoms with Crippen molar-refractivity contribution >= 4 is 35.4 Å². The van der Waals surface area contributed by atoms with Gasteiger partial charge in [-0.25, -0.2) is 9.59 Å². The van der Waals surface area contributed by atoms with E-state index in [9.17, 15) is 24.5 Å². The predicted molar refractivity (Wildman–Crippen MR) is 144 cm³/mol. The lowest BCUT2D eigenvalue weighted by Gasteiger charge is -2.24. The van der Waals surface area contributed by atoms with Crippen LogP contribution in [0.1, 0.15) is 52.5 Å². The van der Waals surface area contributed by atoms with Crippen molar-refractivity contribution in [2.75, 3.05) is 38.6 Å². The fraction of sp³-hybridized carbons (Fsp3) is 0.577. The lowest BCUT2D eigenvalue weighted by atomic mass is 10.1. The number of nitrogens with one attached hydrogen (secondary N) is 3. The molecule has 210 valence electrons. The maximum Gasteiger partial charge on any atom is 0.408 e. The monoisotopic (exact) mass is 533 g/mol. The minimum Gasteiger partial charge on any atom is -0.466 e. The maximum absolute atomic E-state index is 13.0. The van der Waals surface area contributed by atoms with Gasteiger partial charge in [0.1, 0.15) is 17.3 Å². The zero-order chi connectivity index (χ0) is 28.3. The first-order chi connectivity index (χ1) is 17.9. The highest BCUT2D eigenvalue weighted by Gasteiger charge is 2.28. The number of nitro groups is 1. The number of likely N-dealkylation sites (N-methyl/N-ethyl adjacent to an activating group) is 1. The van der Waals surface area contributed by atoms with Crippen molar-refractivity contribution in [3.05, 3.63) is 40.0 Å². The van der Waals surface area contributed by atoms with E-state index < -0.39 is 28.6 Å². The van der Waals surface area contributed by atoms with Crippen LogP contribution >= 0.6 is 0 Å². The van der Waals surface area contributed by atoms with Gasteiger partial charge in [0.05, 0.1) is 12.0 Å². The summed E-state index contributed by atoms with van der Waals surface area (Å²) in [5, 5.41) is 20.3. The van der Waals surface area contributed by atoms with Crippen LogP contribution < -0.4 is 16.0 Å². The molecular weight excluding hydrogens is 494 g/mol. The number of carbonyl (C=O) groups excluding carboxylic acids is 3. The number of hydrogen-bond donors (Lipinski definition) is 3. The molecule has 0 aromatic heterocycles. The molecule has 1 aromatic rings. The number of ether oxygens (including phenoxy) is 2. The molecule has 38 heavy (non-hydrogen) atoms. The smallest absolute Gasteiger partial charge is 0.408 e. The number of esters is 1. The quantitative estimate of drug-likeness (QED) is 0.121. The van der Waals surface area contributed by atoms with Gasteiger partial charge in [0.25, 0.3) is 5.69 Å². The van der Waals surface area contributed by atoms with Crippen molar-refractivity contribution in [1.29, 1.82) is 0 Å². The number of alkyl carbamates (subject to hydrolysis) is 1. The first kappa shape index (κ1) is 30.6. The first-order valence-electron chi connectivity index (χ1n) is 12.7. The molecule has 12 heteroatoms. The van der Waals surface area contributed by atoms with Crippen LogP contribution in [-0.2, 0) is 19.1 Å². The van der Waals surface area contributed by atoms with Gasteiger partial charge in [-0.15, -0.1) is 0 Å². The molecule has 2 amide bonds. The highest BCUT2D eigenvalue weighted by Crippen LogP contribution is 2.26. The Morgan fingerprint density at radius 2 is 2.03 bits per heavy atom. The summed E-state index contributed by atoms with van der Waals surface area (Å²) >= 11 is 0. The van der Waals surface area contributed by atoms with E-state index in [4.69, 9.17) is 4.74 Å². The highest BCUT2D eigenvalue weighted by molar-refractivity contribution is 5.87. The number of methoxy groups -OCH3 is 1. The van der Waals surface area contributed by atoms with E-state index in [1.807, 2.05) is 0 Å². The number of nitrogens with zero attached hydrogens (tertiary/aromatic N) is 2. The Morgan fingerprint density at radius 1 is 1.29 bits per heavy atom. The Balaban J connectivity index is 2.01. The fourth-order valence-corrected chi connectivity index (χ4v) is 3.97. The Morgan fingerprint density at radius 3 is 2.63 bits per heavy atom. The Labute approximate surface area is 223 Å². The van der Waals surface area contributed by atoms with Crippen molar-refractivity contribution in [2.24, 2.45) is 0 Å². The first-order valence-corrected chi connectivity index (χ1v) is 12.7. The highest BCUT2D eigenvalue weighted by atomic mass is 16.6. The molecule has 1 aliphatic rings. The number of hydrogen-bond acceptors (Lipinski definition) is 9. The Bertz CT molecular complexity index is 1020. The average molecular weight is 534 g/mol. The van der Waals surface area contributed by atoms with E-state index in [1.165, 1.54) is 25.3 Å². The fourth-order valence-electron chi connectivity index (χ4n) is 3.97. The number of benzene rings is 1. The summed E-state index contributed by atoms with van der Waals surface area (Å²) in [7, 11) is 1.24. The molecule has 0 saturated carbocycles. The van der Waals surface area contributed by atoms with E-state index in [0.717, 1.165) is 26.1 Å². The summed E-state index contributed by atoms with van der Waals surface area (Å²) in [6.07, 6.45) is 3.52. The van der Waals surface area contributed by atoms with E-state index >= 15 is 0 Å². The third-order valence-corrected chi connectivity index (χ3v) is 5.89. The summed E-state index contributed by atoms with van der Waals surface area (Å²) in [5.74, 6) is -0.851. The van der Waals surface area contributed by atoms with Crippen LogP contribution in [0, 0.1) is 10.1 Å². The van der Waals surface area contributed by atoms with Gasteiger partial charge in [-0.2, -0.15) is 0 Å². The van der Waals surface area contributed by atoms with E-state index in [1.54, 1.807) is 32.9 Å². The molecule has 12 nitrogen and oxygen atoms in total. The van der Waals surface area contributed by atoms with Crippen LogP contribution in [0.25, 0.3) is 6.08 Å². The third-order valence-electron chi connectivity index (χ3n) is 5.89. The standard InChI is InChI=1S/C26H39N5O7/c1-6-30-15-13-19(17-30)28-24(33)21(29-25(34)38-26(2,3)4)8-7-14-27-20-11-9-18(10-12-23(32)37-5)16-22(20)31(35)36/h9-12,16,19,21,27H,6-8,13-15,17H2,1-5H3,(H,28,33)(H,29,34)/b12-10+/t19-,21+/m1/s1. The zero-order valence-electron chi connectivity index (χ0n) is 22.7. The second kappa shape index (κ2) is 14.3. The molecular formula is C26H39N5O7. The molecule has 1 heterocycles. The second-order valence-electron chi connectivity index (χ2n) is 10.0. The number of carbonyl (C=O) groups is 3. The molecule has 0 aliphatic carbocycles. The van der Waals surface area contributed by atoms with Crippen molar-refractivity contribution in [2.45, 2.75) is 64.6 Å². The van der Waals surface area contributed by atoms with Gasteiger partial charge in [-0.05, 0) is 64.3 Å². The Kier molecular flexibility index (Phi) is 11.5. The Hall–Kier alpha value is -3.67. The number of rotatable bonds is 12. The van der Waals surface area contributed by atoms with Crippen LogP contribution in [0.15, 0.2) is 24.3 Å². The average Bonchev–Trinajstić information content (AvgIpc) is 3.30. The molecule has 1 aliphatic heterocycles. The topological polar surface area (TPSA) is 152 Å². The van der Waals surface area contributed by atoms with Crippen LogP contribution in [0.4, 0.5) is 16.2 Å². The molecule has 0 bridgehead atoms. The van der Waals surface area contributed by atoms with E-state index in [0.29, 0.717) is 30.6 Å². The normalized spacial score (nSPS) is 16.6. The summed E-state index contributed by atoms with van der Waals surface area (Å²) in [6.45, 7) is 10.2. The lowest BCUT2D eigenvalue weighted by molar-refractivity contribution is -0.384. The number of amides is 2. The molecule has 0 spiro atoms. The van der Waals surface area contributed by atoms with Crippen molar-refractivity contribution < 1.29 is 28.8 Å².